The molecular weight excluding hydrogens is 492 g/mol. The van der Waals surface area contributed by atoms with Gasteiger partial charge in [-0.25, -0.2) is 13.4 Å². The first-order chi connectivity index (χ1) is 16.8. The number of hydrogen-bond acceptors (Lipinski definition) is 10. The number of hydrogen-bond donors (Lipinski definition) is 3. The maximum atomic E-state index is 11.8. The topological polar surface area (TPSA) is 143 Å². The highest BCUT2D eigenvalue weighted by molar-refractivity contribution is 7.90. The number of aryl methyl sites for hydroxylation is 1. The third-order valence-electron chi connectivity index (χ3n) is 5.07. The van der Waals surface area contributed by atoms with Crippen LogP contribution in [0.5, 0.6) is 0 Å². The first-order valence-corrected chi connectivity index (χ1v) is 12.9. The van der Waals surface area contributed by atoms with E-state index in [0.29, 0.717) is 29.4 Å². The first-order valence-electron chi connectivity index (χ1n) is 10.7. The predicted octanol–water partition coefficient (Wildman–Crippen LogP) is 4.04. The predicted molar refractivity (Wildman–Crippen MR) is 132 cm³/mol. The van der Waals surface area contributed by atoms with Gasteiger partial charge in [0.05, 0.1) is 28.1 Å². The van der Waals surface area contributed by atoms with Gasteiger partial charge >= 0.3 is 0 Å². The Morgan fingerprint density at radius 3 is 2.54 bits per heavy atom. The minimum atomic E-state index is -3.46. The van der Waals surface area contributed by atoms with Crippen LogP contribution in [0.25, 0.3) is 11.5 Å². The normalized spacial score (nSPS) is 12.3. The molecule has 0 saturated heterocycles. The molecule has 0 spiro atoms. The van der Waals surface area contributed by atoms with Crippen molar-refractivity contribution < 1.29 is 17.9 Å². The van der Waals surface area contributed by atoms with Crippen LogP contribution in [0.3, 0.4) is 0 Å². The molecule has 0 radical (unpaired) electrons. The van der Waals surface area contributed by atoms with E-state index in [9.17, 15) is 13.5 Å². The molecule has 0 aliphatic carbocycles. The van der Waals surface area contributed by atoms with E-state index in [-0.39, 0.29) is 28.4 Å². The van der Waals surface area contributed by atoms with Crippen LogP contribution in [0, 0.1) is 0 Å². The van der Waals surface area contributed by atoms with Crippen LogP contribution in [0.2, 0.25) is 5.02 Å². The highest BCUT2D eigenvalue weighted by atomic mass is 35.5. The van der Waals surface area contributed by atoms with E-state index in [1.807, 2.05) is 37.3 Å². The molecule has 1 atom stereocenters. The smallest absolute Gasteiger partial charge is 0.253 e. The van der Waals surface area contributed by atoms with Crippen LogP contribution in [0.4, 0.5) is 17.5 Å². The van der Waals surface area contributed by atoms with Crippen LogP contribution in [-0.2, 0) is 16.3 Å². The molecule has 10 nitrogen and oxygen atoms in total. The van der Waals surface area contributed by atoms with Crippen molar-refractivity contribution in [3.63, 3.8) is 0 Å². The van der Waals surface area contributed by atoms with Gasteiger partial charge in [0, 0.05) is 24.6 Å². The van der Waals surface area contributed by atoms with Crippen molar-refractivity contribution in [2.75, 3.05) is 23.5 Å². The average molecular weight is 515 g/mol. The van der Waals surface area contributed by atoms with Gasteiger partial charge in [0.1, 0.15) is 5.82 Å². The Labute approximate surface area is 207 Å². The molecule has 0 aliphatic heterocycles. The van der Waals surface area contributed by atoms with Gasteiger partial charge in [-0.15, -0.1) is 10.2 Å². The van der Waals surface area contributed by atoms with Crippen molar-refractivity contribution in [3.05, 3.63) is 71.2 Å². The van der Waals surface area contributed by atoms with E-state index in [0.717, 1.165) is 11.8 Å². The summed E-state index contributed by atoms with van der Waals surface area (Å²) in [6, 6.07) is 13.4. The van der Waals surface area contributed by atoms with Gasteiger partial charge < -0.3 is 20.2 Å². The lowest BCUT2D eigenvalue weighted by atomic mass is 10.1. The number of halogens is 1. The third kappa shape index (κ3) is 5.76. The number of aliphatic hydroxyl groups excluding tert-OH is 1. The molecule has 2 aromatic carbocycles. The maximum Gasteiger partial charge on any atom is 0.253 e. The Kier molecular flexibility index (Phi) is 7.29. The summed E-state index contributed by atoms with van der Waals surface area (Å²) in [5.74, 6) is 1.27. The van der Waals surface area contributed by atoms with E-state index in [1.54, 1.807) is 6.07 Å². The number of aromatic nitrogens is 4. The Balaban J connectivity index is 1.70. The second-order valence-electron chi connectivity index (χ2n) is 7.64. The molecule has 12 heteroatoms. The van der Waals surface area contributed by atoms with Gasteiger partial charge in [-0.2, -0.15) is 4.98 Å². The van der Waals surface area contributed by atoms with Crippen molar-refractivity contribution in [3.8, 4) is 11.5 Å². The fourth-order valence-electron chi connectivity index (χ4n) is 3.31. The Morgan fingerprint density at radius 1 is 1.14 bits per heavy atom. The summed E-state index contributed by atoms with van der Waals surface area (Å²) in [6.45, 7) is 1.71. The molecule has 0 fully saturated rings. The van der Waals surface area contributed by atoms with Gasteiger partial charge in [-0.1, -0.05) is 48.9 Å². The van der Waals surface area contributed by atoms with Gasteiger partial charge in [-0.3, -0.25) is 0 Å². The van der Waals surface area contributed by atoms with E-state index in [2.05, 4.69) is 30.8 Å². The molecule has 2 aromatic heterocycles. The summed E-state index contributed by atoms with van der Waals surface area (Å²) < 4.78 is 29.4. The molecule has 2 heterocycles. The zero-order valence-electron chi connectivity index (χ0n) is 18.9. The van der Waals surface area contributed by atoms with Crippen molar-refractivity contribution in [1.29, 1.82) is 0 Å². The third-order valence-corrected chi connectivity index (χ3v) is 6.65. The summed E-state index contributed by atoms with van der Waals surface area (Å²) in [5, 5.41) is 24.5. The maximum absolute atomic E-state index is 11.8. The molecule has 35 heavy (non-hydrogen) atoms. The molecule has 0 bridgehead atoms. The standard InChI is InChI=1S/C23H23ClN6O4S/c1-3-20-29-30-22(34-20)16-12-25-23(26-15-9-10-19(17(24)11-15)35(2,32)33)28-21(16)27-18(13-31)14-7-5-4-6-8-14/h4-12,18,31H,3,13H2,1-2H3,(H2,25,26,27,28)/t18-/m1/s1. The summed E-state index contributed by atoms with van der Waals surface area (Å²) in [6.07, 6.45) is 3.19. The molecule has 182 valence electrons. The highest BCUT2D eigenvalue weighted by Gasteiger charge is 2.20. The highest BCUT2D eigenvalue weighted by Crippen LogP contribution is 2.31. The van der Waals surface area contributed by atoms with Crippen molar-refractivity contribution in [2.45, 2.75) is 24.3 Å². The lowest BCUT2D eigenvalue weighted by Crippen LogP contribution is -2.17. The van der Waals surface area contributed by atoms with Crippen molar-refractivity contribution >= 4 is 38.9 Å². The number of anilines is 3. The van der Waals surface area contributed by atoms with Crippen LogP contribution in [0.15, 0.2) is 64.0 Å². The van der Waals surface area contributed by atoms with E-state index >= 15 is 0 Å². The summed E-state index contributed by atoms with van der Waals surface area (Å²) in [7, 11) is -3.46. The van der Waals surface area contributed by atoms with Crippen LogP contribution >= 0.6 is 11.6 Å². The van der Waals surface area contributed by atoms with Gasteiger partial charge in [0.25, 0.3) is 5.89 Å². The van der Waals surface area contributed by atoms with Gasteiger partial charge in [-0.05, 0) is 23.8 Å². The van der Waals surface area contributed by atoms with Crippen molar-refractivity contribution in [2.24, 2.45) is 0 Å². The molecule has 0 unspecified atom stereocenters. The Hall–Kier alpha value is -3.54. The fraction of sp³-hybridized carbons (Fsp3) is 0.217. The van der Waals surface area contributed by atoms with Gasteiger partial charge in [0.2, 0.25) is 11.8 Å². The fourth-order valence-corrected chi connectivity index (χ4v) is 4.64. The lowest BCUT2D eigenvalue weighted by Gasteiger charge is -2.19. The van der Waals surface area contributed by atoms with E-state index < -0.39 is 15.9 Å². The summed E-state index contributed by atoms with van der Waals surface area (Å²) in [4.78, 5) is 8.93. The van der Waals surface area contributed by atoms with Crippen LogP contribution in [-0.4, -0.2) is 46.6 Å². The summed E-state index contributed by atoms with van der Waals surface area (Å²) in [5.41, 5.74) is 1.81. The largest absolute Gasteiger partial charge is 0.421 e. The second kappa shape index (κ2) is 10.4. The number of nitrogens with zero attached hydrogens (tertiary/aromatic N) is 4. The molecular formula is C23H23ClN6O4S. The quantitative estimate of drug-likeness (QED) is 0.299. The molecule has 0 amide bonds. The number of rotatable bonds is 9. The monoisotopic (exact) mass is 514 g/mol. The zero-order valence-corrected chi connectivity index (χ0v) is 20.5. The number of sulfone groups is 1. The SMILES string of the molecule is CCc1nnc(-c2cnc(Nc3ccc(S(C)(=O)=O)c(Cl)c3)nc2N[C@H](CO)c2ccccc2)o1. The van der Waals surface area contributed by atoms with Crippen LogP contribution < -0.4 is 10.6 Å². The minimum absolute atomic E-state index is 0.0279. The lowest BCUT2D eigenvalue weighted by molar-refractivity contribution is 0.276. The van der Waals surface area contributed by atoms with Gasteiger partial charge in [0.15, 0.2) is 9.84 Å². The van der Waals surface area contributed by atoms with E-state index in [1.165, 1.54) is 18.3 Å². The number of aliphatic hydroxyl groups is 1. The molecule has 0 aliphatic rings. The first kappa shape index (κ1) is 24.6. The summed E-state index contributed by atoms with van der Waals surface area (Å²) >= 11 is 6.16. The molecule has 0 saturated carbocycles. The number of nitrogens with one attached hydrogen (secondary N) is 2. The number of benzene rings is 2. The zero-order chi connectivity index (χ0) is 25.0. The minimum Gasteiger partial charge on any atom is -0.421 e. The molecule has 4 rings (SSSR count). The van der Waals surface area contributed by atoms with E-state index in [4.69, 9.17) is 16.0 Å². The van der Waals surface area contributed by atoms with Crippen LogP contribution in [0.1, 0.15) is 24.4 Å². The molecule has 4 aromatic rings. The molecule has 3 N–H and O–H groups in total. The second-order valence-corrected chi connectivity index (χ2v) is 10.0. The van der Waals surface area contributed by atoms with Crippen molar-refractivity contribution in [1.82, 2.24) is 20.2 Å². The average Bonchev–Trinajstić information content (AvgIpc) is 3.31. The Morgan fingerprint density at radius 2 is 1.91 bits per heavy atom. The Bertz CT molecular complexity index is 1430.